The van der Waals surface area contributed by atoms with E-state index in [0.717, 1.165) is 22.0 Å². The lowest BCUT2D eigenvalue weighted by Gasteiger charge is -2.32. The Kier molecular flexibility index (Phi) is 12.6. The van der Waals surface area contributed by atoms with Crippen LogP contribution in [0.2, 0.25) is 10.0 Å². The van der Waals surface area contributed by atoms with Gasteiger partial charge in [0.15, 0.2) is 0 Å². The number of aliphatic hydroxyl groups excluding tert-OH is 1. The smallest absolute Gasteiger partial charge is 0.245 e. The van der Waals surface area contributed by atoms with E-state index < -0.39 is 42.0 Å². The van der Waals surface area contributed by atoms with Gasteiger partial charge in [-0.05, 0) is 73.7 Å². The summed E-state index contributed by atoms with van der Waals surface area (Å²) in [6, 6.07) is 11.8. The number of H-pyrrole nitrogens is 1. The van der Waals surface area contributed by atoms with Gasteiger partial charge >= 0.3 is 0 Å². The van der Waals surface area contributed by atoms with Crippen molar-refractivity contribution in [3.63, 3.8) is 0 Å². The Morgan fingerprint density at radius 3 is 2.63 bits per heavy atom. The van der Waals surface area contributed by atoms with Crippen LogP contribution in [0.25, 0.3) is 10.9 Å². The zero-order valence-corrected chi connectivity index (χ0v) is 29.7. The monoisotopic (exact) mass is 725 g/mol. The lowest BCUT2D eigenvalue weighted by Crippen LogP contribution is -2.58. The molecule has 0 bridgehead atoms. The van der Waals surface area contributed by atoms with E-state index in [1.165, 1.54) is 23.6 Å². The standard InChI is InChI=1S/C35H41Cl2N7O4S/c1-20(45)30-33(47)43-28(11-5-6-12-38)35(48)44(2)29(15-22-18-40-27-10-4-3-9-25(22)27)32(46)42-19-23-14-24(36)16-26(37)31(23)49-34-21(17-41-30)8-7-13-39-34/h3-4,7-10,13-14,16,18,20,28-30,40-41,45H,5-6,11-12,15,17,19,38H2,1-2H3,(H,42,46)(H,43,47). The van der Waals surface area contributed by atoms with Gasteiger partial charge in [0.05, 0.1) is 11.1 Å². The average Bonchev–Trinajstić information content (AvgIpc) is 3.49. The van der Waals surface area contributed by atoms with Gasteiger partial charge in [0.2, 0.25) is 17.7 Å². The number of rotatable bonds is 7. The van der Waals surface area contributed by atoms with E-state index >= 15 is 0 Å². The number of carbonyl (C=O) groups is 3. The van der Waals surface area contributed by atoms with Gasteiger partial charge in [-0.1, -0.05) is 59.2 Å². The van der Waals surface area contributed by atoms with Gasteiger partial charge in [0, 0.05) is 59.8 Å². The molecule has 5 rings (SSSR count). The first-order valence-electron chi connectivity index (χ1n) is 16.2. The molecule has 1 aliphatic rings. The fraction of sp³-hybridized carbons (Fsp3) is 0.371. The summed E-state index contributed by atoms with van der Waals surface area (Å²) >= 11 is 14.5. The second-order valence-electron chi connectivity index (χ2n) is 12.1. The molecule has 0 saturated carbocycles. The van der Waals surface area contributed by atoms with Gasteiger partial charge in [-0.3, -0.25) is 19.7 Å². The zero-order chi connectivity index (χ0) is 35.1. The van der Waals surface area contributed by atoms with E-state index in [0.29, 0.717) is 51.3 Å². The molecule has 11 nitrogen and oxygen atoms in total. The highest BCUT2D eigenvalue weighted by molar-refractivity contribution is 7.99. The molecule has 3 heterocycles. The molecule has 49 heavy (non-hydrogen) atoms. The number of unbranched alkanes of at least 4 members (excludes halogenated alkanes) is 1. The first kappa shape index (κ1) is 36.6. The number of nitrogens with two attached hydrogens (primary N) is 1. The summed E-state index contributed by atoms with van der Waals surface area (Å²) in [6.45, 7) is 2.20. The number of nitrogens with zero attached hydrogens (tertiary/aromatic N) is 2. The Bertz CT molecular complexity index is 1800. The maximum absolute atomic E-state index is 14.3. The summed E-state index contributed by atoms with van der Waals surface area (Å²) in [5, 5.41) is 22.1. The molecule has 7 N–H and O–H groups in total. The third kappa shape index (κ3) is 8.94. The fourth-order valence-corrected chi connectivity index (χ4v) is 7.58. The van der Waals surface area contributed by atoms with Crippen LogP contribution in [0.3, 0.4) is 0 Å². The Labute approximate surface area is 299 Å². The number of benzene rings is 2. The molecule has 14 heteroatoms. The van der Waals surface area contributed by atoms with E-state index in [2.05, 4.69) is 25.9 Å². The van der Waals surface area contributed by atoms with Crippen LogP contribution in [0.15, 0.2) is 70.8 Å². The average molecular weight is 727 g/mol. The summed E-state index contributed by atoms with van der Waals surface area (Å²) in [5.41, 5.74) is 8.94. The highest BCUT2D eigenvalue weighted by Gasteiger charge is 2.35. The number of amides is 3. The van der Waals surface area contributed by atoms with Crippen LogP contribution in [0.4, 0.5) is 0 Å². The predicted molar refractivity (Wildman–Crippen MR) is 192 cm³/mol. The molecule has 4 unspecified atom stereocenters. The number of para-hydroxylation sites is 1. The number of carbonyl (C=O) groups excluding carboxylic acids is 3. The maximum Gasteiger partial charge on any atom is 0.245 e. The fourth-order valence-electron chi connectivity index (χ4n) is 5.93. The first-order valence-corrected chi connectivity index (χ1v) is 17.8. The van der Waals surface area contributed by atoms with E-state index in [9.17, 15) is 19.5 Å². The van der Waals surface area contributed by atoms with Crippen molar-refractivity contribution in [1.82, 2.24) is 30.8 Å². The number of aromatic amines is 1. The van der Waals surface area contributed by atoms with Crippen molar-refractivity contribution in [2.24, 2.45) is 5.73 Å². The van der Waals surface area contributed by atoms with Gasteiger partial charge in [-0.15, -0.1) is 0 Å². The van der Waals surface area contributed by atoms with Crippen LogP contribution in [-0.2, 0) is 33.9 Å². The normalized spacial score (nSPS) is 20.2. The van der Waals surface area contributed by atoms with E-state index in [1.807, 2.05) is 36.5 Å². The molecule has 4 atom stereocenters. The van der Waals surface area contributed by atoms with Crippen molar-refractivity contribution in [1.29, 1.82) is 0 Å². The molecule has 0 radical (unpaired) electrons. The first-order chi connectivity index (χ1) is 23.6. The second-order valence-corrected chi connectivity index (χ2v) is 14.0. The number of hydrogen-bond acceptors (Lipinski definition) is 8. The number of halogens is 2. The van der Waals surface area contributed by atoms with Gasteiger partial charge in [0.1, 0.15) is 23.2 Å². The van der Waals surface area contributed by atoms with E-state index in [1.54, 1.807) is 31.4 Å². The van der Waals surface area contributed by atoms with Crippen molar-refractivity contribution in [2.75, 3.05) is 13.6 Å². The molecule has 0 spiro atoms. The third-order valence-electron chi connectivity index (χ3n) is 8.63. The van der Waals surface area contributed by atoms with Crippen LogP contribution in [-0.4, -0.2) is 75.5 Å². The minimum Gasteiger partial charge on any atom is -0.391 e. The molecule has 0 aliphatic carbocycles. The van der Waals surface area contributed by atoms with Crippen LogP contribution >= 0.6 is 35.0 Å². The lowest BCUT2D eigenvalue weighted by atomic mass is 10.0. The van der Waals surface area contributed by atoms with Gasteiger partial charge < -0.3 is 31.4 Å². The van der Waals surface area contributed by atoms with Crippen molar-refractivity contribution in [3.05, 3.63) is 87.7 Å². The maximum atomic E-state index is 14.3. The van der Waals surface area contributed by atoms with Crippen LogP contribution < -0.4 is 21.7 Å². The number of aromatic nitrogens is 2. The highest BCUT2D eigenvalue weighted by atomic mass is 35.5. The molecule has 1 aliphatic heterocycles. The summed E-state index contributed by atoms with van der Waals surface area (Å²) in [4.78, 5) is 52.1. The minimum absolute atomic E-state index is 0.0784. The van der Waals surface area contributed by atoms with Crippen molar-refractivity contribution < 1.29 is 19.5 Å². The number of hydrogen-bond donors (Lipinski definition) is 6. The molecular weight excluding hydrogens is 685 g/mol. The van der Waals surface area contributed by atoms with E-state index in [-0.39, 0.29) is 19.5 Å². The van der Waals surface area contributed by atoms with Gasteiger partial charge in [-0.2, -0.15) is 0 Å². The van der Waals surface area contributed by atoms with Crippen LogP contribution in [0, 0.1) is 0 Å². The molecule has 0 saturated heterocycles. The molecule has 3 amide bonds. The number of aliphatic hydroxyl groups is 1. The Morgan fingerprint density at radius 1 is 1.06 bits per heavy atom. The lowest BCUT2D eigenvalue weighted by molar-refractivity contribution is -0.142. The van der Waals surface area contributed by atoms with Crippen LogP contribution in [0.1, 0.15) is 42.9 Å². The van der Waals surface area contributed by atoms with Crippen molar-refractivity contribution in [2.45, 2.75) is 79.8 Å². The van der Waals surface area contributed by atoms with Crippen molar-refractivity contribution >= 4 is 63.6 Å². The quantitative estimate of drug-likeness (QED) is 0.155. The zero-order valence-electron chi connectivity index (χ0n) is 27.3. The Morgan fingerprint density at radius 2 is 1.86 bits per heavy atom. The van der Waals surface area contributed by atoms with Gasteiger partial charge in [0.25, 0.3) is 0 Å². The summed E-state index contributed by atoms with van der Waals surface area (Å²) in [6.07, 6.45) is 4.12. The number of fused-ring (bicyclic) bond motifs is 3. The van der Waals surface area contributed by atoms with Crippen LogP contribution in [0.5, 0.6) is 0 Å². The molecule has 2 aromatic carbocycles. The Hall–Kier alpha value is -3.65. The molecule has 260 valence electrons. The molecular formula is C35H41Cl2N7O4S. The number of pyridine rings is 1. The largest absolute Gasteiger partial charge is 0.391 e. The number of likely N-dealkylation sites (N-methyl/N-ethyl adjacent to an activating group) is 1. The third-order valence-corrected chi connectivity index (χ3v) is 10.5. The Balaban J connectivity index is 1.58. The summed E-state index contributed by atoms with van der Waals surface area (Å²) in [7, 11) is 1.57. The predicted octanol–water partition coefficient (Wildman–Crippen LogP) is 4.17. The molecule has 4 aromatic rings. The second kappa shape index (κ2) is 16.8. The van der Waals surface area contributed by atoms with Crippen molar-refractivity contribution in [3.8, 4) is 0 Å². The molecule has 2 aromatic heterocycles. The minimum atomic E-state index is -1.09. The SMILES string of the molecule is CC(O)C1NCc2cccnc2Sc2c(Cl)cc(Cl)cc2CNC(=O)C(Cc2c[nH]c3ccccc23)N(C)C(=O)C(CCCCN)NC1=O. The summed E-state index contributed by atoms with van der Waals surface area (Å²) < 4.78 is 0. The molecule has 0 fully saturated rings. The highest BCUT2D eigenvalue weighted by Crippen LogP contribution is 2.38. The summed E-state index contributed by atoms with van der Waals surface area (Å²) in [5.74, 6) is -1.38. The van der Waals surface area contributed by atoms with E-state index in [4.69, 9.17) is 28.9 Å². The topological polar surface area (TPSA) is 165 Å². The number of nitrogens with one attached hydrogen (secondary N) is 4. The van der Waals surface area contributed by atoms with Gasteiger partial charge in [-0.25, -0.2) is 4.98 Å².